The van der Waals surface area contributed by atoms with Gasteiger partial charge in [-0.1, -0.05) is 12.1 Å². The molecule has 0 saturated carbocycles. The van der Waals surface area contributed by atoms with E-state index in [1.54, 1.807) is 23.4 Å². The minimum absolute atomic E-state index is 0.0287. The molecule has 5 rings (SSSR count). The van der Waals surface area contributed by atoms with E-state index in [1.165, 1.54) is 13.1 Å². The van der Waals surface area contributed by atoms with Crippen LogP contribution < -0.4 is 5.32 Å². The number of likely N-dealkylation sites (tertiary alicyclic amines) is 1. The number of hydrogen-bond donors (Lipinski definition) is 2. The maximum atomic E-state index is 13.1. The number of anilines is 1. The van der Waals surface area contributed by atoms with Crippen LogP contribution >= 0.6 is 0 Å². The quantitative estimate of drug-likeness (QED) is 0.381. The first kappa shape index (κ1) is 25.2. The lowest BCUT2D eigenvalue weighted by Crippen LogP contribution is -2.38. The maximum absolute atomic E-state index is 13.1. The molecule has 196 valence electrons. The van der Waals surface area contributed by atoms with Crippen LogP contribution in [0.25, 0.3) is 11.3 Å². The van der Waals surface area contributed by atoms with Gasteiger partial charge in [-0.05, 0) is 66.8 Å². The molecule has 11 heteroatoms. The van der Waals surface area contributed by atoms with Crippen LogP contribution in [-0.2, 0) is 13.2 Å². The van der Waals surface area contributed by atoms with Gasteiger partial charge in [-0.3, -0.25) is 19.7 Å². The summed E-state index contributed by atoms with van der Waals surface area (Å²) in [7, 11) is 1.26. The highest BCUT2D eigenvalue weighted by Crippen LogP contribution is 2.32. The van der Waals surface area contributed by atoms with Gasteiger partial charge < -0.3 is 14.8 Å². The SMILES string of the molecule is Cn1c(C(=O)N2CCC(c3ccc(NC(=O)c4cc(-c5ccncc5)n[nH]4)cc3)CC2)ccc1C(F)(F)F. The zero-order valence-corrected chi connectivity index (χ0v) is 20.5. The molecule has 0 aliphatic carbocycles. The average Bonchev–Trinajstić information content (AvgIpc) is 3.57. The molecule has 0 bridgehead atoms. The molecule has 38 heavy (non-hydrogen) atoms. The van der Waals surface area contributed by atoms with E-state index in [-0.39, 0.29) is 17.5 Å². The fourth-order valence-corrected chi connectivity index (χ4v) is 4.73. The van der Waals surface area contributed by atoms with E-state index in [0.29, 0.717) is 43.0 Å². The van der Waals surface area contributed by atoms with Crippen LogP contribution in [0.15, 0.2) is 67.0 Å². The van der Waals surface area contributed by atoms with Gasteiger partial charge in [-0.25, -0.2) is 0 Å². The molecule has 2 amide bonds. The standard InChI is InChI=1S/C27H25F3N6O2/c1-35-23(6-7-24(35)27(28,29)30)26(38)36-14-10-18(11-15-36)17-2-4-20(5-3-17)32-25(37)22-16-21(33-34-22)19-8-12-31-13-9-19/h2-9,12-13,16,18H,10-11,14-15H2,1H3,(H,32,37)(H,33,34). The monoisotopic (exact) mass is 522 g/mol. The predicted molar refractivity (Wildman–Crippen MR) is 135 cm³/mol. The molecule has 1 aliphatic rings. The van der Waals surface area contributed by atoms with Crippen LogP contribution in [0.4, 0.5) is 18.9 Å². The molecule has 1 aromatic carbocycles. The summed E-state index contributed by atoms with van der Waals surface area (Å²) in [6, 6.07) is 15.0. The highest BCUT2D eigenvalue weighted by molar-refractivity contribution is 6.03. The minimum Gasteiger partial charge on any atom is -0.337 e. The van der Waals surface area contributed by atoms with E-state index < -0.39 is 17.8 Å². The van der Waals surface area contributed by atoms with Crippen molar-refractivity contribution in [1.82, 2.24) is 24.6 Å². The van der Waals surface area contributed by atoms with E-state index in [9.17, 15) is 22.8 Å². The summed E-state index contributed by atoms with van der Waals surface area (Å²) >= 11 is 0. The Kier molecular flexibility index (Phi) is 6.75. The van der Waals surface area contributed by atoms with Gasteiger partial charge >= 0.3 is 6.18 Å². The number of H-pyrrole nitrogens is 1. The Morgan fingerprint density at radius 1 is 1.00 bits per heavy atom. The largest absolute Gasteiger partial charge is 0.431 e. The molecule has 4 aromatic rings. The molecule has 1 aliphatic heterocycles. The smallest absolute Gasteiger partial charge is 0.337 e. The normalized spacial score (nSPS) is 14.5. The highest BCUT2D eigenvalue weighted by Gasteiger charge is 2.36. The summed E-state index contributed by atoms with van der Waals surface area (Å²) in [5.74, 6) is -0.504. The van der Waals surface area contributed by atoms with Crippen LogP contribution in [0.2, 0.25) is 0 Å². The van der Waals surface area contributed by atoms with Gasteiger partial charge in [-0.2, -0.15) is 18.3 Å². The van der Waals surface area contributed by atoms with Gasteiger partial charge in [0.25, 0.3) is 11.8 Å². The lowest BCUT2D eigenvalue weighted by atomic mass is 9.89. The van der Waals surface area contributed by atoms with Crippen molar-refractivity contribution in [2.45, 2.75) is 24.9 Å². The Balaban J connectivity index is 1.17. The van der Waals surface area contributed by atoms with Gasteiger partial charge in [0, 0.05) is 43.8 Å². The number of aromatic amines is 1. The number of hydrogen-bond acceptors (Lipinski definition) is 4. The van der Waals surface area contributed by atoms with E-state index in [4.69, 9.17) is 0 Å². The number of pyridine rings is 1. The molecule has 2 N–H and O–H groups in total. The molecule has 4 heterocycles. The maximum Gasteiger partial charge on any atom is 0.431 e. The molecule has 0 spiro atoms. The van der Waals surface area contributed by atoms with Crippen LogP contribution in [0.3, 0.4) is 0 Å². The number of carbonyl (C=O) groups is 2. The third-order valence-electron chi connectivity index (χ3n) is 6.85. The van der Waals surface area contributed by atoms with Crippen molar-refractivity contribution < 1.29 is 22.8 Å². The van der Waals surface area contributed by atoms with Gasteiger partial charge in [0.2, 0.25) is 0 Å². The van der Waals surface area contributed by atoms with Crippen molar-refractivity contribution in [3.63, 3.8) is 0 Å². The highest BCUT2D eigenvalue weighted by atomic mass is 19.4. The Morgan fingerprint density at radius 2 is 1.68 bits per heavy atom. The number of amides is 2. The van der Waals surface area contributed by atoms with Gasteiger partial charge in [0.1, 0.15) is 17.1 Å². The molecule has 0 radical (unpaired) electrons. The number of alkyl halides is 3. The number of rotatable bonds is 5. The molecule has 1 saturated heterocycles. The van der Waals surface area contributed by atoms with E-state index >= 15 is 0 Å². The van der Waals surface area contributed by atoms with E-state index in [2.05, 4.69) is 20.5 Å². The first-order valence-corrected chi connectivity index (χ1v) is 12.1. The molecule has 0 unspecified atom stereocenters. The fourth-order valence-electron chi connectivity index (χ4n) is 4.73. The summed E-state index contributed by atoms with van der Waals surface area (Å²) in [6.07, 6.45) is 0.194. The lowest BCUT2D eigenvalue weighted by Gasteiger charge is -2.32. The third kappa shape index (κ3) is 5.17. The number of nitrogens with one attached hydrogen (secondary N) is 2. The first-order valence-electron chi connectivity index (χ1n) is 12.1. The Hall–Kier alpha value is -4.41. The molecular formula is C27H25F3N6O2. The van der Waals surface area contributed by atoms with Crippen LogP contribution in [0.1, 0.15) is 51.0 Å². The number of carbonyl (C=O) groups excluding carboxylic acids is 2. The Morgan fingerprint density at radius 3 is 2.32 bits per heavy atom. The van der Waals surface area contributed by atoms with E-state index in [0.717, 1.165) is 21.8 Å². The summed E-state index contributed by atoms with van der Waals surface area (Å²) in [4.78, 5) is 31.1. The van der Waals surface area contributed by atoms with Crippen molar-refractivity contribution in [1.29, 1.82) is 0 Å². The molecule has 3 aromatic heterocycles. The van der Waals surface area contributed by atoms with Crippen LogP contribution in [0, 0.1) is 0 Å². The lowest BCUT2D eigenvalue weighted by molar-refractivity contribution is -0.143. The van der Waals surface area contributed by atoms with Crippen molar-refractivity contribution in [2.75, 3.05) is 18.4 Å². The van der Waals surface area contributed by atoms with E-state index in [1.807, 2.05) is 36.4 Å². The first-order chi connectivity index (χ1) is 18.2. The van der Waals surface area contributed by atoms with Gasteiger partial charge in [0.15, 0.2) is 0 Å². The number of benzene rings is 1. The van der Waals surface area contributed by atoms with Crippen LogP contribution in [-0.4, -0.2) is 49.6 Å². The topological polar surface area (TPSA) is 95.9 Å². The summed E-state index contributed by atoms with van der Waals surface area (Å²) < 4.78 is 40.2. The third-order valence-corrected chi connectivity index (χ3v) is 6.85. The molecular weight excluding hydrogens is 497 g/mol. The second-order valence-electron chi connectivity index (χ2n) is 9.21. The minimum atomic E-state index is -4.51. The Labute approximate surface area is 216 Å². The molecule has 0 atom stereocenters. The van der Waals surface area contributed by atoms with Crippen molar-refractivity contribution in [2.24, 2.45) is 7.05 Å². The number of piperidine rings is 1. The van der Waals surface area contributed by atoms with Crippen molar-refractivity contribution >= 4 is 17.5 Å². The second kappa shape index (κ2) is 10.2. The summed E-state index contributed by atoms with van der Waals surface area (Å²) in [5.41, 5.74) is 2.72. The Bertz CT molecular complexity index is 1440. The summed E-state index contributed by atoms with van der Waals surface area (Å²) in [5, 5.41) is 9.79. The average molecular weight is 523 g/mol. The second-order valence-corrected chi connectivity index (χ2v) is 9.21. The summed E-state index contributed by atoms with van der Waals surface area (Å²) in [6.45, 7) is 0.905. The number of nitrogens with zero attached hydrogens (tertiary/aromatic N) is 4. The molecule has 1 fully saturated rings. The molecule has 8 nitrogen and oxygen atoms in total. The zero-order valence-electron chi connectivity index (χ0n) is 20.5. The predicted octanol–water partition coefficient (Wildman–Crippen LogP) is 5.10. The number of halogens is 3. The van der Waals surface area contributed by atoms with Crippen molar-refractivity contribution in [3.05, 3.63) is 89.6 Å². The fraction of sp³-hybridized carbons (Fsp3) is 0.259. The number of aromatic nitrogens is 4. The van der Waals surface area contributed by atoms with Crippen LogP contribution in [0.5, 0.6) is 0 Å². The zero-order chi connectivity index (χ0) is 26.9. The van der Waals surface area contributed by atoms with Gasteiger partial charge in [0.05, 0.1) is 5.69 Å². The van der Waals surface area contributed by atoms with Crippen molar-refractivity contribution in [3.8, 4) is 11.3 Å². The van der Waals surface area contributed by atoms with Gasteiger partial charge in [-0.15, -0.1) is 0 Å².